The molecule has 1 N–H and O–H groups in total. The monoisotopic (exact) mass is 216 g/mol. The number of hydrogen-bond acceptors (Lipinski definition) is 4. The lowest BCUT2D eigenvalue weighted by Crippen LogP contribution is -2.13. The van der Waals surface area contributed by atoms with E-state index < -0.39 is 11.5 Å². The van der Waals surface area contributed by atoms with Crippen LogP contribution in [0.2, 0.25) is 0 Å². The van der Waals surface area contributed by atoms with Gasteiger partial charge in [-0.2, -0.15) is 0 Å². The van der Waals surface area contributed by atoms with Crippen LogP contribution in [0.15, 0.2) is 35.1 Å². The summed E-state index contributed by atoms with van der Waals surface area (Å²) in [5.74, 6) is -1.06. The van der Waals surface area contributed by atoms with E-state index in [2.05, 4.69) is 10.2 Å². The van der Waals surface area contributed by atoms with Crippen LogP contribution in [0.3, 0.4) is 0 Å². The molecule has 2 rings (SSSR count). The summed E-state index contributed by atoms with van der Waals surface area (Å²) in [6, 6.07) is 8.56. The van der Waals surface area contributed by atoms with Crippen LogP contribution in [-0.4, -0.2) is 21.3 Å². The van der Waals surface area contributed by atoms with Gasteiger partial charge in [0.25, 0.3) is 5.56 Å². The van der Waals surface area contributed by atoms with E-state index >= 15 is 0 Å². The molecule has 80 valence electrons. The number of carboxylic acids is 1. The Morgan fingerprint density at radius 2 is 2.00 bits per heavy atom. The molecule has 1 heterocycles. The first kappa shape index (κ1) is 10.2. The van der Waals surface area contributed by atoms with Crippen molar-refractivity contribution in [3.63, 3.8) is 0 Å². The molecular formula is C11H8N2O3. The van der Waals surface area contributed by atoms with Crippen LogP contribution in [0.1, 0.15) is 5.56 Å². The van der Waals surface area contributed by atoms with Gasteiger partial charge in [0.1, 0.15) is 0 Å². The Balaban J connectivity index is 2.71. The summed E-state index contributed by atoms with van der Waals surface area (Å²) in [6.45, 7) is 0. The number of hydrogen-bond donors (Lipinski definition) is 1. The summed E-state index contributed by atoms with van der Waals surface area (Å²) in [5.41, 5.74) is 0.107. The molecule has 0 radical (unpaired) electrons. The Bertz CT molecular complexity index is 610. The van der Waals surface area contributed by atoms with Crippen molar-refractivity contribution in [2.24, 2.45) is 0 Å². The van der Waals surface area contributed by atoms with Crippen LogP contribution in [0.5, 0.6) is 0 Å². The summed E-state index contributed by atoms with van der Waals surface area (Å²) in [4.78, 5) is 22.0. The lowest BCUT2D eigenvalue weighted by Gasteiger charge is -1.90. The summed E-state index contributed by atoms with van der Waals surface area (Å²) in [5, 5.41) is 16.6. The van der Waals surface area contributed by atoms with E-state index in [0.29, 0.717) is 10.9 Å². The Labute approximate surface area is 90.4 Å². The van der Waals surface area contributed by atoms with Gasteiger partial charge in [0.2, 0.25) is 0 Å². The highest BCUT2D eigenvalue weighted by atomic mass is 16.4. The van der Waals surface area contributed by atoms with Gasteiger partial charge in [-0.3, -0.25) is 9.59 Å². The van der Waals surface area contributed by atoms with Crippen molar-refractivity contribution in [1.82, 2.24) is 10.2 Å². The number of carboxylic acid groups (broad SMARTS) is 1. The highest BCUT2D eigenvalue weighted by Gasteiger charge is 2.06. The lowest BCUT2D eigenvalue weighted by atomic mass is 10.1. The van der Waals surface area contributed by atoms with E-state index in [0.717, 1.165) is 0 Å². The first-order valence-electron chi connectivity index (χ1n) is 4.64. The van der Waals surface area contributed by atoms with Gasteiger partial charge < -0.3 is 5.11 Å². The summed E-state index contributed by atoms with van der Waals surface area (Å²) in [6.07, 6.45) is -0.341. The number of nitrogens with zero attached hydrogens (tertiary/aromatic N) is 2. The molecule has 16 heavy (non-hydrogen) atoms. The molecule has 0 bridgehead atoms. The fraction of sp³-hybridized carbons (Fsp3) is 0.0909. The predicted molar refractivity (Wildman–Crippen MR) is 57.1 cm³/mol. The van der Waals surface area contributed by atoms with Gasteiger partial charge in [0.05, 0.1) is 11.9 Å². The van der Waals surface area contributed by atoms with Gasteiger partial charge in [0.15, 0.2) is 0 Å². The molecule has 0 spiro atoms. The fourth-order valence-electron chi connectivity index (χ4n) is 1.40. The average Bonchev–Trinajstić information content (AvgIpc) is 2.39. The minimum atomic E-state index is -1.06. The second kappa shape index (κ2) is 4.06. The first-order valence-corrected chi connectivity index (χ1v) is 4.64. The largest absolute Gasteiger partial charge is 0.481 e. The second-order valence-electron chi connectivity index (χ2n) is 3.30. The third-order valence-corrected chi connectivity index (χ3v) is 2.13. The van der Waals surface area contributed by atoms with Gasteiger partial charge in [0, 0.05) is 10.9 Å². The third-order valence-electron chi connectivity index (χ3n) is 2.13. The van der Waals surface area contributed by atoms with Crippen molar-refractivity contribution in [2.45, 2.75) is 6.42 Å². The van der Waals surface area contributed by atoms with Crippen LogP contribution in [0.25, 0.3) is 10.9 Å². The molecule has 0 saturated heterocycles. The third kappa shape index (κ3) is 2.03. The van der Waals surface area contributed by atoms with E-state index in [1.807, 2.05) is 0 Å². The van der Waals surface area contributed by atoms with Crippen molar-refractivity contribution in [2.75, 3.05) is 0 Å². The van der Waals surface area contributed by atoms with Gasteiger partial charge in [-0.05, 0) is 12.1 Å². The first-order chi connectivity index (χ1) is 7.66. The number of carbonyl (C=O) groups is 1. The Kier molecular flexibility index (Phi) is 2.59. The van der Waals surface area contributed by atoms with Crippen LogP contribution >= 0.6 is 0 Å². The maximum absolute atomic E-state index is 11.4. The number of aliphatic carboxylic acids is 1. The molecule has 5 nitrogen and oxygen atoms in total. The molecule has 0 aliphatic rings. The molecule has 0 aliphatic carbocycles. The summed E-state index contributed by atoms with van der Waals surface area (Å²) < 4.78 is 0. The summed E-state index contributed by atoms with van der Waals surface area (Å²) >= 11 is 0. The van der Waals surface area contributed by atoms with Crippen LogP contribution in [0.4, 0.5) is 0 Å². The van der Waals surface area contributed by atoms with Crippen molar-refractivity contribution in [3.05, 3.63) is 46.2 Å². The lowest BCUT2D eigenvalue weighted by molar-refractivity contribution is -0.136. The zero-order valence-electron chi connectivity index (χ0n) is 8.25. The normalized spacial score (nSPS) is 10.2. The Morgan fingerprint density at radius 3 is 2.75 bits per heavy atom. The van der Waals surface area contributed by atoms with Gasteiger partial charge >= 0.3 is 5.97 Å². The standard InChI is InChI=1S/C11H8N2O3/c14-10(15)6-8-5-7-3-1-2-4-9(7)12-13-11(8)16/h1-5H,6H2,(H,14,15). The van der Waals surface area contributed by atoms with E-state index in [1.165, 1.54) is 6.07 Å². The van der Waals surface area contributed by atoms with E-state index in [4.69, 9.17) is 5.11 Å². The van der Waals surface area contributed by atoms with Crippen LogP contribution in [-0.2, 0) is 11.2 Å². The molecule has 0 atom stereocenters. The maximum Gasteiger partial charge on any atom is 0.308 e. The molecule has 0 aliphatic heterocycles. The quantitative estimate of drug-likeness (QED) is 0.795. The minimum absolute atomic E-state index is 0.140. The number of aromatic nitrogens is 2. The van der Waals surface area contributed by atoms with E-state index in [9.17, 15) is 9.59 Å². The van der Waals surface area contributed by atoms with Gasteiger partial charge in [-0.25, -0.2) is 0 Å². The van der Waals surface area contributed by atoms with Crippen molar-refractivity contribution >= 4 is 16.9 Å². The van der Waals surface area contributed by atoms with Crippen molar-refractivity contribution in [1.29, 1.82) is 0 Å². The maximum atomic E-state index is 11.4. The Hall–Kier alpha value is -2.30. The van der Waals surface area contributed by atoms with Crippen molar-refractivity contribution in [3.8, 4) is 0 Å². The molecule has 2 aromatic rings. The zero-order valence-corrected chi connectivity index (χ0v) is 8.25. The highest BCUT2D eigenvalue weighted by Crippen LogP contribution is 2.08. The molecule has 0 saturated carbocycles. The molecule has 0 amide bonds. The fourth-order valence-corrected chi connectivity index (χ4v) is 1.40. The van der Waals surface area contributed by atoms with Crippen LogP contribution < -0.4 is 5.56 Å². The molecule has 0 unspecified atom stereocenters. The molecular weight excluding hydrogens is 208 g/mol. The highest BCUT2D eigenvalue weighted by molar-refractivity contribution is 5.79. The van der Waals surface area contributed by atoms with E-state index in [-0.39, 0.29) is 12.0 Å². The minimum Gasteiger partial charge on any atom is -0.481 e. The van der Waals surface area contributed by atoms with E-state index in [1.54, 1.807) is 24.3 Å². The zero-order chi connectivity index (χ0) is 11.5. The topological polar surface area (TPSA) is 80.2 Å². The molecule has 0 fully saturated rings. The average molecular weight is 216 g/mol. The summed E-state index contributed by atoms with van der Waals surface area (Å²) in [7, 11) is 0. The number of fused-ring (bicyclic) bond motifs is 1. The Morgan fingerprint density at radius 1 is 1.25 bits per heavy atom. The predicted octanol–water partition coefficient (Wildman–Crippen LogP) is 0.617. The molecule has 1 aromatic heterocycles. The molecule has 5 heteroatoms. The van der Waals surface area contributed by atoms with Gasteiger partial charge in [-0.1, -0.05) is 18.2 Å². The van der Waals surface area contributed by atoms with Crippen molar-refractivity contribution < 1.29 is 9.90 Å². The number of rotatable bonds is 2. The molecule has 1 aromatic carbocycles. The second-order valence-corrected chi connectivity index (χ2v) is 3.30. The SMILES string of the molecule is O=C(O)Cc1cc2ccccc2nnc1=O. The van der Waals surface area contributed by atoms with Gasteiger partial charge in [-0.15, -0.1) is 10.2 Å². The smallest absolute Gasteiger partial charge is 0.308 e. The number of benzene rings is 1. The van der Waals surface area contributed by atoms with Crippen LogP contribution in [0, 0.1) is 0 Å².